The maximum Gasteiger partial charge on any atom is 0.261 e. The maximum atomic E-state index is 13.0. The Bertz CT molecular complexity index is 1220. The summed E-state index contributed by atoms with van der Waals surface area (Å²) in [4.78, 5) is 16.9. The maximum absolute atomic E-state index is 13.0. The number of hydrogen-bond acceptors (Lipinski definition) is 5. The minimum atomic E-state index is -3.85. The number of nitrogens with zero attached hydrogens (tertiary/aromatic N) is 2. The standard InChI is InChI=1S/C24H24FN3O4S/c1-32-23-5-3-2-4-22(23)27-14-16-28(17-15-27)24(29)18-6-12-21(13-7-18)33(30,31)26-20-10-8-19(25)9-11-20/h2-13,26H,14-17H2,1H3. The van der Waals surface area contributed by atoms with E-state index in [-0.39, 0.29) is 16.5 Å². The van der Waals surface area contributed by atoms with Crippen molar-refractivity contribution >= 4 is 27.3 Å². The number of carbonyl (C=O) groups excluding carboxylic acids is 1. The number of amides is 1. The first-order valence-corrected chi connectivity index (χ1v) is 11.9. The highest BCUT2D eigenvalue weighted by molar-refractivity contribution is 7.92. The van der Waals surface area contributed by atoms with Gasteiger partial charge in [-0.05, 0) is 60.7 Å². The van der Waals surface area contributed by atoms with Crippen molar-refractivity contribution in [2.24, 2.45) is 0 Å². The van der Waals surface area contributed by atoms with Crippen molar-refractivity contribution < 1.29 is 22.3 Å². The van der Waals surface area contributed by atoms with E-state index < -0.39 is 15.8 Å². The van der Waals surface area contributed by atoms with E-state index in [1.807, 2.05) is 24.3 Å². The summed E-state index contributed by atoms with van der Waals surface area (Å²) in [6, 6.07) is 18.6. The topological polar surface area (TPSA) is 79.0 Å². The molecule has 4 rings (SSSR count). The number of halogens is 1. The fourth-order valence-electron chi connectivity index (χ4n) is 3.73. The van der Waals surface area contributed by atoms with Gasteiger partial charge in [0, 0.05) is 37.4 Å². The third kappa shape index (κ3) is 5.09. The van der Waals surface area contributed by atoms with Crippen LogP contribution in [0.4, 0.5) is 15.8 Å². The first-order valence-electron chi connectivity index (χ1n) is 10.4. The van der Waals surface area contributed by atoms with Crippen molar-refractivity contribution in [3.63, 3.8) is 0 Å². The molecule has 1 saturated heterocycles. The highest BCUT2D eigenvalue weighted by Gasteiger charge is 2.24. The van der Waals surface area contributed by atoms with Crippen LogP contribution < -0.4 is 14.4 Å². The van der Waals surface area contributed by atoms with Gasteiger partial charge in [0.1, 0.15) is 11.6 Å². The number of benzene rings is 3. The molecule has 9 heteroatoms. The Hall–Kier alpha value is -3.59. The van der Waals surface area contributed by atoms with Gasteiger partial charge >= 0.3 is 0 Å². The van der Waals surface area contributed by atoms with E-state index >= 15 is 0 Å². The molecule has 3 aromatic rings. The van der Waals surface area contributed by atoms with E-state index in [0.717, 1.165) is 11.4 Å². The minimum Gasteiger partial charge on any atom is -0.495 e. The van der Waals surface area contributed by atoms with Crippen LogP contribution in [0.3, 0.4) is 0 Å². The van der Waals surface area contributed by atoms with Gasteiger partial charge in [-0.1, -0.05) is 12.1 Å². The van der Waals surface area contributed by atoms with Crippen molar-refractivity contribution in [3.8, 4) is 5.75 Å². The van der Waals surface area contributed by atoms with Crippen molar-refractivity contribution in [3.05, 3.63) is 84.2 Å². The second-order valence-electron chi connectivity index (χ2n) is 7.59. The summed E-state index contributed by atoms with van der Waals surface area (Å²) in [6.45, 7) is 2.42. The third-order valence-corrected chi connectivity index (χ3v) is 6.90. The fraction of sp³-hybridized carbons (Fsp3) is 0.208. The van der Waals surface area contributed by atoms with Crippen LogP contribution in [-0.2, 0) is 10.0 Å². The summed E-state index contributed by atoms with van der Waals surface area (Å²) in [6.07, 6.45) is 0. The summed E-state index contributed by atoms with van der Waals surface area (Å²) >= 11 is 0. The molecule has 33 heavy (non-hydrogen) atoms. The smallest absolute Gasteiger partial charge is 0.261 e. The SMILES string of the molecule is COc1ccccc1N1CCN(C(=O)c2ccc(S(=O)(=O)Nc3ccc(F)cc3)cc2)CC1. The predicted octanol–water partition coefficient (Wildman–Crippen LogP) is 3.60. The Morgan fingerprint density at radius 2 is 1.55 bits per heavy atom. The molecule has 1 amide bonds. The molecule has 0 radical (unpaired) electrons. The lowest BCUT2D eigenvalue weighted by atomic mass is 10.1. The molecule has 1 heterocycles. The highest BCUT2D eigenvalue weighted by atomic mass is 32.2. The number of ether oxygens (including phenoxy) is 1. The average Bonchev–Trinajstić information content (AvgIpc) is 2.85. The third-order valence-electron chi connectivity index (χ3n) is 5.50. The lowest BCUT2D eigenvalue weighted by molar-refractivity contribution is 0.0746. The van der Waals surface area contributed by atoms with Crippen LogP contribution in [0.15, 0.2) is 77.7 Å². The predicted molar refractivity (Wildman–Crippen MR) is 125 cm³/mol. The number of methoxy groups -OCH3 is 1. The lowest BCUT2D eigenvalue weighted by Crippen LogP contribution is -2.48. The molecular formula is C24H24FN3O4S. The molecule has 1 aliphatic rings. The molecule has 172 valence electrons. The highest BCUT2D eigenvalue weighted by Crippen LogP contribution is 2.28. The first-order chi connectivity index (χ1) is 15.9. The molecule has 3 aromatic carbocycles. The Kier molecular flexibility index (Phi) is 6.50. The summed E-state index contributed by atoms with van der Waals surface area (Å²) in [5, 5.41) is 0. The van der Waals surface area contributed by atoms with E-state index in [9.17, 15) is 17.6 Å². The molecule has 7 nitrogen and oxygen atoms in total. The zero-order chi connectivity index (χ0) is 23.4. The number of para-hydroxylation sites is 2. The number of anilines is 2. The van der Waals surface area contributed by atoms with Crippen molar-refractivity contribution in [1.29, 1.82) is 0 Å². The molecule has 0 unspecified atom stereocenters. The Labute approximate surface area is 192 Å². The fourth-order valence-corrected chi connectivity index (χ4v) is 4.79. The van der Waals surface area contributed by atoms with Gasteiger partial charge in [-0.15, -0.1) is 0 Å². The van der Waals surface area contributed by atoms with Gasteiger partial charge < -0.3 is 14.5 Å². The summed E-state index contributed by atoms with van der Waals surface area (Å²) in [5.74, 6) is 0.193. The van der Waals surface area contributed by atoms with Gasteiger partial charge in [-0.25, -0.2) is 12.8 Å². The number of piperazine rings is 1. The van der Waals surface area contributed by atoms with Crippen LogP contribution in [-0.4, -0.2) is 52.5 Å². The van der Waals surface area contributed by atoms with Gasteiger partial charge in [-0.2, -0.15) is 0 Å². The Morgan fingerprint density at radius 1 is 0.909 bits per heavy atom. The normalized spacial score (nSPS) is 14.1. The minimum absolute atomic E-state index is 0.0179. The molecule has 0 aliphatic carbocycles. The monoisotopic (exact) mass is 469 g/mol. The van der Waals surface area contributed by atoms with E-state index in [1.54, 1.807) is 12.0 Å². The van der Waals surface area contributed by atoms with Gasteiger partial charge in [-0.3, -0.25) is 9.52 Å². The Balaban J connectivity index is 1.40. The molecule has 0 bridgehead atoms. The zero-order valence-electron chi connectivity index (χ0n) is 18.1. The molecule has 1 aliphatic heterocycles. The molecule has 0 aromatic heterocycles. The summed E-state index contributed by atoms with van der Waals surface area (Å²) in [7, 11) is -2.22. The number of rotatable bonds is 6. The van der Waals surface area contributed by atoms with Crippen molar-refractivity contribution in [2.45, 2.75) is 4.90 Å². The van der Waals surface area contributed by atoms with Crippen LogP contribution in [0.1, 0.15) is 10.4 Å². The van der Waals surface area contributed by atoms with E-state index in [0.29, 0.717) is 31.7 Å². The van der Waals surface area contributed by atoms with Gasteiger partial charge in [0.15, 0.2) is 0 Å². The molecular weight excluding hydrogens is 445 g/mol. The first kappa shape index (κ1) is 22.6. The molecule has 0 atom stereocenters. The average molecular weight is 470 g/mol. The van der Waals surface area contributed by atoms with Crippen LogP contribution in [0, 0.1) is 5.82 Å². The largest absolute Gasteiger partial charge is 0.495 e. The molecule has 1 N–H and O–H groups in total. The summed E-state index contributed by atoms with van der Waals surface area (Å²) in [5.41, 5.74) is 1.67. The molecule has 1 fully saturated rings. The molecule has 0 spiro atoms. The number of carbonyl (C=O) groups is 1. The Morgan fingerprint density at radius 3 is 2.18 bits per heavy atom. The van der Waals surface area contributed by atoms with Crippen molar-refractivity contribution in [1.82, 2.24) is 4.90 Å². The lowest BCUT2D eigenvalue weighted by Gasteiger charge is -2.36. The van der Waals surface area contributed by atoms with Gasteiger partial charge in [0.05, 0.1) is 17.7 Å². The van der Waals surface area contributed by atoms with E-state index in [4.69, 9.17) is 4.74 Å². The van der Waals surface area contributed by atoms with Crippen LogP contribution >= 0.6 is 0 Å². The molecule has 0 saturated carbocycles. The van der Waals surface area contributed by atoms with Gasteiger partial charge in [0.2, 0.25) is 0 Å². The van der Waals surface area contributed by atoms with E-state index in [1.165, 1.54) is 48.5 Å². The second-order valence-corrected chi connectivity index (χ2v) is 9.27. The van der Waals surface area contributed by atoms with Crippen molar-refractivity contribution in [2.75, 3.05) is 42.9 Å². The van der Waals surface area contributed by atoms with Gasteiger partial charge in [0.25, 0.3) is 15.9 Å². The zero-order valence-corrected chi connectivity index (χ0v) is 18.9. The number of hydrogen-bond donors (Lipinski definition) is 1. The van der Waals surface area contributed by atoms with Crippen LogP contribution in [0.5, 0.6) is 5.75 Å². The van der Waals surface area contributed by atoms with E-state index in [2.05, 4.69) is 9.62 Å². The van der Waals surface area contributed by atoms with Crippen LogP contribution in [0.25, 0.3) is 0 Å². The quantitative estimate of drug-likeness (QED) is 0.597. The number of nitrogens with one attached hydrogen (secondary N) is 1. The van der Waals surface area contributed by atoms with Crippen LogP contribution in [0.2, 0.25) is 0 Å². The number of sulfonamides is 1. The second kappa shape index (κ2) is 9.50. The summed E-state index contributed by atoms with van der Waals surface area (Å²) < 4.78 is 46.0.